The average molecular weight is 372 g/mol. The molecule has 1 saturated heterocycles. The smallest absolute Gasteiger partial charge is 0.228 e. The van der Waals surface area contributed by atoms with E-state index in [1.54, 1.807) is 14.2 Å². The maximum absolute atomic E-state index is 12.4. The SMILES string of the molecule is COC1(OC)CCCC[C@H]1[C@H]1NC(=O)[C@@H]1[C@@H](C)O[Si](C)(C)C(C)(C)C. The molecule has 2 aliphatic rings. The lowest BCUT2D eigenvalue weighted by molar-refractivity contribution is -0.265. The van der Waals surface area contributed by atoms with Gasteiger partial charge in [-0.05, 0) is 37.9 Å². The molecule has 1 amide bonds. The monoisotopic (exact) mass is 371 g/mol. The molecule has 0 bridgehead atoms. The van der Waals surface area contributed by atoms with Crippen molar-refractivity contribution in [2.45, 2.75) is 89.4 Å². The number of hydrogen-bond acceptors (Lipinski definition) is 4. The van der Waals surface area contributed by atoms with Crippen LogP contribution in [0.4, 0.5) is 0 Å². The van der Waals surface area contributed by atoms with Crippen molar-refractivity contribution >= 4 is 14.2 Å². The second kappa shape index (κ2) is 7.29. The van der Waals surface area contributed by atoms with E-state index < -0.39 is 14.1 Å². The van der Waals surface area contributed by atoms with Crippen LogP contribution in [-0.2, 0) is 18.7 Å². The van der Waals surface area contributed by atoms with Gasteiger partial charge in [0.1, 0.15) is 0 Å². The number of methoxy groups -OCH3 is 2. The Morgan fingerprint density at radius 3 is 2.28 bits per heavy atom. The zero-order chi connectivity index (χ0) is 19.0. The predicted octanol–water partition coefficient (Wildman–Crippen LogP) is 3.69. The van der Waals surface area contributed by atoms with Crippen LogP contribution in [-0.4, -0.2) is 46.4 Å². The second-order valence-corrected chi connectivity index (χ2v) is 14.0. The van der Waals surface area contributed by atoms with Crippen LogP contribution < -0.4 is 5.32 Å². The first kappa shape index (κ1) is 20.9. The summed E-state index contributed by atoms with van der Waals surface area (Å²) in [6.45, 7) is 13.2. The molecule has 0 unspecified atom stereocenters. The Bertz CT molecular complexity index is 484. The first-order chi connectivity index (χ1) is 11.5. The van der Waals surface area contributed by atoms with Crippen molar-refractivity contribution in [3.63, 3.8) is 0 Å². The van der Waals surface area contributed by atoms with Crippen molar-refractivity contribution in [1.29, 1.82) is 0 Å². The van der Waals surface area contributed by atoms with Crippen LogP contribution in [0.15, 0.2) is 0 Å². The minimum Gasteiger partial charge on any atom is -0.413 e. The molecule has 2 rings (SSSR count). The van der Waals surface area contributed by atoms with Gasteiger partial charge >= 0.3 is 0 Å². The largest absolute Gasteiger partial charge is 0.413 e. The fourth-order valence-corrected chi connectivity index (χ4v) is 5.60. The molecule has 4 atom stereocenters. The summed E-state index contributed by atoms with van der Waals surface area (Å²) in [4.78, 5) is 12.4. The molecular weight excluding hydrogens is 334 g/mol. The molecule has 1 aliphatic carbocycles. The normalized spacial score (nSPS) is 31.2. The molecule has 0 aromatic carbocycles. The fraction of sp³-hybridized carbons (Fsp3) is 0.947. The van der Waals surface area contributed by atoms with Crippen LogP contribution >= 0.6 is 0 Å². The van der Waals surface area contributed by atoms with Gasteiger partial charge < -0.3 is 19.2 Å². The zero-order valence-corrected chi connectivity index (χ0v) is 18.3. The van der Waals surface area contributed by atoms with Crippen LogP contribution in [0.25, 0.3) is 0 Å². The number of ether oxygens (including phenoxy) is 2. The van der Waals surface area contributed by atoms with Crippen LogP contribution in [0.2, 0.25) is 18.1 Å². The molecule has 1 saturated carbocycles. The van der Waals surface area contributed by atoms with Gasteiger partial charge in [0.25, 0.3) is 0 Å². The molecule has 0 aromatic heterocycles. The molecule has 6 heteroatoms. The number of amides is 1. The highest BCUT2D eigenvalue weighted by Gasteiger charge is 2.56. The van der Waals surface area contributed by atoms with Gasteiger partial charge in [-0.25, -0.2) is 0 Å². The maximum atomic E-state index is 12.4. The van der Waals surface area contributed by atoms with Crippen LogP contribution in [0, 0.1) is 11.8 Å². The lowest BCUT2D eigenvalue weighted by Crippen LogP contribution is -2.70. The molecule has 0 spiro atoms. The van der Waals surface area contributed by atoms with Gasteiger partial charge in [-0.3, -0.25) is 4.79 Å². The molecular formula is C19H37NO4Si. The van der Waals surface area contributed by atoms with E-state index in [1.807, 2.05) is 0 Å². The Hall–Kier alpha value is -0.433. The summed E-state index contributed by atoms with van der Waals surface area (Å²) in [7, 11) is 1.51. The predicted molar refractivity (Wildman–Crippen MR) is 102 cm³/mol. The topological polar surface area (TPSA) is 56.8 Å². The summed E-state index contributed by atoms with van der Waals surface area (Å²) in [6, 6.07) is 0.0625. The van der Waals surface area contributed by atoms with Crippen molar-refractivity contribution in [3.8, 4) is 0 Å². The van der Waals surface area contributed by atoms with E-state index in [0.717, 1.165) is 25.7 Å². The molecule has 1 aliphatic heterocycles. The standard InChI is InChI=1S/C19H37NO4Si/c1-13(24-25(7,8)18(2,3)4)15-16(20-17(15)21)14-11-9-10-12-19(14,22-5)23-6/h13-16H,9-12H2,1-8H3,(H,20,21)/t13-,14+,15-,16-/m1/s1. The number of β-lactam (4-membered cyclic amide) rings is 1. The van der Waals surface area contributed by atoms with Gasteiger partial charge in [0.05, 0.1) is 18.1 Å². The number of carbonyl (C=O) groups is 1. The van der Waals surface area contributed by atoms with E-state index in [4.69, 9.17) is 13.9 Å². The van der Waals surface area contributed by atoms with Gasteiger partial charge in [-0.1, -0.05) is 27.2 Å². The molecule has 5 nitrogen and oxygen atoms in total. The Labute approximate surface area is 154 Å². The summed E-state index contributed by atoms with van der Waals surface area (Å²) in [5.41, 5.74) is 0. The highest BCUT2D eigenvalue weighted by molar-refractivity contribution is 6.74. The zero-order valence-electron chi connectivity index (χ0n) is 17.3. The second-order valence-electron chi connectivity index (χ2n) is 9.22. The summed E-state index contributed by atoms with van der Waals surface area (Å²) in [5.74, 6) is -0.444. The van der Waals surface area contributed by atoms with Crippen molar-refractivity contribution in [1.82, 2.24) is 5.32 Å². The lowest BCUT2D eigenvalue weighted by atomic mass is 9.69. The van der Waals surface area contributed by atoms with Crippen molar-refractivity contribution in [3.05, 3.63) is 0 Å². The molecule has 2 fully saturated rings. The first-order valence-electron chi connectivity index (χ1n) is 9.57. The van der Waals surface area contributed by atoms with E-state index in [1.165, 1.54) is 0 Å². The van der Waals surface area contributed by atoms with E-state index in [0.29, 0.717) is 0 Å². The summed E-state index contributed by atoms with van der Waals surface area (Å²) < 4.78 is 18.2. The Balaban J connectivity index is 2.16. The highest BCUT2D eigenvalue weighted by Crippen LogP contribution is 2.45. The molecule has 25 heavy (non-hydrogen) atoms. The number of carbonyl (C=O) groups excluding carboxylic acids is 1. The minimum atomic E-state index is -1.92. The van der Waals surface area contributed by atoms with E-state index in [9.17, 15) is 4.79 Å². The average Bonchev–Trinajstić information content (AvgIpc) is 2.50. The first-order valence-corrected chi connectivity index (χ1v) is 12.5. The van der Waals surface area contributed by atoms with Gasteiger partial charge in [0, 0.05) is 26.6 Å². The van der Waals surface area contributed by atoms with Gasteiger partial charge in [0.15, 0.2) is 14.1 Å². The summed E-state index contributed by atoms with van der Waals surface area (Å²) in [6.07, 6.45) is 4.04. The summed E-state index contributed by atoms with van der Waals surface area (Å²) in [5, 5.41) is 3.26. The number of hydrogen-bond donors (Lipinski definition) is 1. The van der Waals surface area contributed by atoms with Gasteiger partial charge in [0.2, 0.25) is 5.91 Å². The quantitative estimate of drug-likeness (QED) is 0.439. The van der Waals surface area contributed by atoms with Crippen LogP contribution in [0.1, 0.15) is 53.4 Å². The van der Waals surface area contributed by atoms with E-state index in [-0.39, 0.29) is 34.9 Å². The Morgan fingerprint density at radius 1 is 1.20 bits per heavy atom. The third-order valence-corrected chi connectivity index (χ3v) is 11.3. The van der Waals surface area contributed by atoms with E-state index >= 15 is 0 Å². The number of nitrogens with one attached hydrogen (secondary N) is 1. The lowest BCUT2D eigenvalue weighted by Gasteiger charge is -2.53. The Morgan fingerprint density at radius 2 is 1.80 bits per heavy atom. The van der Waals surface area contributed by atoms with Crippen LogP contribution in [0.5, 0.6) is 0 Å². The summed E-state index contributed by atoms with van der Waals surface area (Å²) >= 11 is 0. The fourth-order valence-electron chi connectivity index (χ4n) is 4.17. The molecule has 1 N–H and O–H groups in total. The Kier molecular flexibility index (Phi) is 6.09. The molecule has 146 valence electrons. The van der Waals surface area contributed by atoms with Crippen molar-refractivity contribution in [2.75, 3.05) is 14.2 Å². The van der Waals surface area contributed by atoms with E-state index in [2.05, 4.69) is 46.1 Å². The molecule has 1 heterocycles. The molecule has 0 radical (unpaired) electrons. The van der Waals surface area contributed by atoms with Crippen molar-refractivity contribution in [2.24, 2.45) is 11.8 Å². The highest BCUT2D eigenvalue weighted by atomic mass is 28.4. The van der Waals surface area contributed by atoms with Gasteiger partial charge in [-0.2, -0.15) is 0 Å². The third kappa shape index (κ3) is 3.82. The molecule has 0 aromatic rings. The minimum absolute atomic E-state index is 0.0625. The van der Waals surface area contributed by atoms with Crippen molar-refractivity contribution < 1.29 is 18.7 Å². The van der Waals surface area contributed by atoms with Gasteiger partial charge in [-0.15, -0.1) is 0 Å². The third-order valence-electron chi connectivity index (χ3n) is 6.77. The van der Waals surface area contributed by atoms with Crippen LogP contribution in [0.3, 0.4) is 0 Å². The number of rotatable bonds is 6. The maximum Gasteiger partial charge on any atom is 0.228 e.